The quantitative estimate of drug-likeness (QED) is 0.243. The summed E-state index contributed by atoms with van der Waals surface area (Å²) in [7, 11) is 8.34. The van der Waals surface area contributed by atoms with Crippen LogP contribution in [0.15, 0.2) is 18.2 Å². The summed E-state index contributed by atoms with van der Waals surface area (Å²) in [5, 5.41) is 10.6. The molecule has 3 amide bonds. The molecule has 11 heteroatoms. The molecule has 11 nitrogen and oxygen atoms in total. The fraction of sp³-hybridized carbons (Fsp3) is 0.719. The Morgan fingerprint density at radius 2 is 1.81 bits per heavy atom. The van der Waals surface area contributed by atoms with Crippen molar-refractivity contribution < 1.29 is 33.4 Å². The maximum atomic E-state index is 13.8. The van der Waals surface area contributed by atoms with Gasteiger partial charge < -0.3 is 33.8 Å². The van der Waals surface area contributed by atoms with Crippen molar-refractivity contribution in [1.82, 2.24) is 19.6 Å². The molecule has 0 unspecified atom stereocenters. The lowest BCUT2D eigenvalue weighted by Crippen LogP contribution is -2.50. The van der Waals surface area contributed by atoms with Crippen LogP contribution in [0.2, 0.25) is 0 Å². The number of urea groups is 1. The van der Waals surface area contributed by atoms with Crippen molar-refractivity contribution in [3.05, 3.63) is 23.8 Å². The van der Waals surface area contributed by atoms with E-state index in [1.165, 1.54) is 0 Å². The van der Waals surface area contributed by atoms with Gasteiger partial charge in [0.1, 0.15) is 0 Å². The molecule has 1 aromatic carbocycles. The highest BCUT2D eigenvalue weighted by molar-refractivity contribution is 5.79. The van der Waals surface area contributed by atoms with Crippen LogP contribution in [0, 0.1) is 5.92 Å². The monoisotopic (exact) mass is 602 g/mol. The molecule has 0 bridgehead atoms. The summed E-state index contributed by atoms with van der Waals surface area (Å²) in [6.07, 6.45) is 5.29. The second-order valence-corrected chi connectivity index (χ2v) is 13.4. The normalized spacial score (nSPS) is 22.3. The van der Waals surface area contributed by atoms with Crippen molar-refractivity contribution in [2.75, 3.05) is 87.3 Å². The van der Waals surface area contributed by atoms with Gasteiger partial charge in [0.2, 0.25) is 12.7 Å². The van der Waals surface area contributed by atoms with Gasteiger partial charge in [-0.1, -0.05) is 19.4 Å². The molecule has 240 valence electrons. The number of hydrogen-bond acceptors (Lipinski definition) is 6. The summed E-state index contributed by atoms with van der Waals surface area (Å²) in [4.78, 5) is 47.1. The number of carbonyl (C=O) groups is 3. The third kappa shape index (κ3) is 8.53. The Labute approximate surface area is 256 Å². The number of benzene rings is 1. The highest BCUT2D eigenvalue weighted by Gasteiger charge is 2.47. The van der Waals surface area contributed by atoms with Gasteiger partial charge in [-0.25, -0.2) is 4.79 Å². The molecule has 2 saturated heterocycles. The van der Waals surface area contributed by atoms with Crippen LogP contribution in [0.25, 0.3) is 0 Å². The molecule has 0 radical (unpaired) electrons. The number of amides is 3. The maximum Gasteiger partial charge on any atom is 0.319 e. The van der Waals surface area contributed by atoms with Crippen molar-refractivity contribution in [3.8, 4) is 11.5 Å². The number of hydrogen-bond donors (Lipinski definition) is 1. The Bertz CT molecular complexity index is 1120. The first-order valence-corrected chi connectivity index (χ1v) is 15.9. The van der Waals surface area contributed by atoms with E-state index in [-0.39, 0.29) is 37.2 Å². The van der Waals surface area contributed by atoms with Crippen LogP contribution in [0.1, 0.15) is 56.9 Å². The number of nitrogens with zero attached hydrogens (tertiary/aromatic N) is 5. The Hall–Kier alpha value is -3.05. The minimum absolute atomic E-state index is 0.0225. The molecule has 0 saturated carbocycles. The van der Waals surface area contributed by atoms with Crippen LogP contribution in [0.5, 0.6) is 11.5 Å². The van der Waals surface area contributed by atoms with E-state index in [2.05, 4.69) is 33.0 Å². The van der Waals surface area contributed by atoms with E-state index in [4.69, 9.17) is 9.47 Å². The number of fused-ring (bicyclic) bond motifs is 1. The number of rotatable bonds is 15. The first kappa shape index (κ1) is 32.9. The van der Waals surface area contributed by atoms with Gasteiger partial charge in [0.15, 0.2) is 11.5 Å². The zero-order valence-electron chi connectivity index (χ0n) is 26.8. The van der Waals surface area contributed by atoms with Crippen LogP contribution >= 0.6 is 0 Å². The standard InChI is InChI=1S/C32H51N5O6/c1-6-7-15-34(16-8-9-19-37(3,4)5)29(38)22-36-21-25(24-11-12-27-28(20-24)43-23-42-27)30(31(39)40)26(36)13-18-35-17-10-14-33(2)32(35)41/h11-12,20,25-26,30H,6-10,13-19,21-23H2,1-5H3/p+1/t25-,26+,30-/m1/s1. The van der Waals surface area contributed by atoms with Gasteiger partial charge in [-0.3, -0.25) is 14.5 Å². The molecule has 1 N–H and O–H groups in total. The number of carbonyl (C=O) groups excluding carboxylic acids is 2. The number of unbranched alkanes of at least 4 members (excludes halogenated alkanes) is 2. The number of carboxylic acids is 1. The third-order valence-electron chi connectivity index (χ3n) is 9.05. The second-order valence-electron chi connectivity index (χ2n) is 13.4. The zero-order valence-corrected chi connectivity index (χ0v) is 26.8. The van der Waals surface area contributed by atoms with Gasteiger partial charge >= 0.3 is 12.0 Å². The van der Waals surface area contributed by atoms with Gasteiger partial charge in [0, 0.05) is 58.3 Å². The van der Waals surface area contributed by atoms with E-state index in [0.717, 1.165) is 55.2 Å². The predicted molar refractivity (Wildman–Crippen MR) is 164 cm³/mol. The lowest BCUT2D eigenvalue weighted by atomic mass is 9.84. The number of carboxylic acid groups (broad SMARTS) is 1. The fourth-order valence-electron chi connectivity index (χ4n) is 6.63. The van der Waals surface area contributed by atoms with Crippen LogP contribution < -0.4 is 9.47 Å². The first-order valence-electron chi connectivity index (χ1n) is 15.9. The molecule has 0 aliphatic carbocycles. The second kappa shape index (κ2) is 14.6. The molecule has 1 aromatic rings. The van der Waals surface area contributed by atoms with Crippen molar-refractivity contribution >= 4 is 17.9 Å². The van der Waals surface area contributed by atoms with Gasteiger partial charge in [-0.05, 0) is 49.8 Å². The van der Waals surface area contributed by atoms with Crippen molar-refractivity contribution in [2.24, 2.45) is 5.92 Å². The van der Waals surface area contributed by atoms with Crippen LogP contribution in [-0.4, -0.2) is 140 Å². The number of likely N-dealkylation sites (tertiary alicyclic amines) is 1. The molecule has 3 aliphatic heterocycles. The van der Waals surface area contributed by atoms with Gasteiger partial charge in [0.25, 0.3) is 0 Å². The topological polar surface area (TPSA) is 103 Å². The summed E-state index contributed by atoms with van der Waals surface area (Å²) in [6, 6.07) is 5.23. The molecule has 3 atom stereocenters. The fourth-order valence-corrected chi connectivity index (χ4v) is 6.63. The minimum Gasteiger partial charge on any atom is -0.481 e. The Morgan fingerprint density at radius 1 is 1.07 bits per heavy atom. The van der Waals surface area contributed by atoms with E-state index in [1.807, 2.05) is 28.0 Å². The van der Waals surface area contributed by atoms with Crippen molar-refractivity contribution in [3.63, 3.8) is 0 Å². The Morgan fingerprint density at radius 3 is 2.53 bits per heavy atom. The predicted octanol–water partition coefficient (Wildman–Crippen LogP) is 3.15. The van der Waals surface area contributed by atoms with Crippen LogP contribution in [0.4, 0.5) is 4.79 Å². The molecule has 3 heterocycles. The van der Waals surface area contributed by atoms with E-state index >= 15 is 0 Å². The van der Waals surface area contributed by atoms with Crippen LogP contribution in [-0.2, 0) is 9.59 Å². The molecule has 4 rings (SSSR count). The average Bonchev–Trinajstić information content (AvgIpc) is 3.57. The zero-order chi connectivity index (χ0) is 31.1. The van der Waals surface area contributed by atoms with E-state index in [0.29, 0.717) is 50.6 Å². The Balaban J connectivity index is 1.54. The minimum atomic E-state index is -0.882. The molecule has 43 heavy (non-hydrogen) atoms. The van der Waals surface area contributed by atoms with E-state index in [1.54, 1.807) is 11.9 Å². The van der Waals surface area contributed by atoms with Gasteiger partial charge in [-0.2, -0.15) is 0 Å². The molecule has 0 spiro atoms. The summed E-state index contributed by atoms with van der Waals surface area (Å²) in [6.45, 7) is 7.21. The number of quaternary nitrogens is 1. The maximum absolute atomic E-state index is 13.8. The SMILES string of the molecule is CCCCN(CCCC[N+](C)(C)C)C(=O)CN1C[C@H](c2ccc3c(c2)OCO3)[C@@H](C(=O)O)[C@@H]1CCN1CCCN(C)C1=O. The summed E-state index contributed by atoms with van der Waals surface area (Å²) in [5.41, 5.74) is 0.869. The average molecular weight is 603 g/mol. The lowest BCUT2D eigenvalue weighted by Gasteiger charge is -2.35. The van der Waals surface area contributed by atoms with Crippen molar-refractivity contribution in [2.45, 2.75) is 57.4 Å². The molecular weight excluding hydrogens is 550 g/mol. The summed E-state index contributed by atoms with van der Waals surface area (Å²) >= 11 is 0. The summed E-state index contributed by atoms with van der Waals surface area (Å²) < 4.78 is 12.0. The van der Waals surface area contributed by atoms with Crippen LogP contribution in [0.3, 0.4) is 0 Å². The first-order chi connectivity index (χ1) is 20.5. The Kier molecular flexibility index (Phi) is 11.2. The lowest BCUT2D eigenvalue weighted by molar-refractivity contribution is -0.870. The molecular formula is C32H52N5O6+. The van der Waals surface area contributed by atoms with E-state index < -0.39 is 11.9 Å². The third-order valence-corrected chi connectivity index (χ3v) is 9.05. The largest absolute Gasteiger partial charge is 0.481 e. The highest BCUT2D eigenvalue weighted by Crippen LogP contribution is 2.42. The smallest absolute Gasteiger partial charge is 0.319 e. The van der Waals surface area contributed by atoms with Crippen molar-refractivity contribution in [1.29, 1.82) is 0 Å². The molecule has 3 aliphatic rings. The number of ether oxygens (including phenoxy) is 2. The van der Waals surface area contributed by atoms with Gasteiger partial charge in [0.05, 0.1) is 40.2 Å². The van der Waals surface area contributed by atoms with E-state index in [9.17, 15) is 19.5 Å². The molecule has 0 aromatic heterocycles. The summed E-state index contributed by atoms with van der Waals surface area (Å²) in [5.74, 6) is -0.602. The molecule has 2 fully saturated rings. The highest BCUT2D eigenvalue weighted by atomic mass is 16.7. The number of aliphatic carboxylic acids is 1. The van der Waals surface area contributed by atoms with Gasteiger partial charge in [-0.15, -0.1) is 0 Å².